The van der Waals surface area contributed by atoms with Crippen LogP contribution in [0.5, 0.6) is 0 Å². The van der Waals surface area contributed by atoms with Gasteiger partial charge in [-0.05, 0) is 36.6 Å². The summed E-state index contributed by atoms with van der Waals surface area (Å²) in [6.07, 6.45) is 3.83. The Kier molecular flexibility index (Phi) is 3.92. The molecule has 0 spiro atoms. The van der Waals surface area contributed by atoms with Gasteiger partial charge >= 0.3 is 0 Å². The van der Waals surface area contributed by atoms with E-state index in [2.05, 4.69) is 44.4 Å². The summed E-state index contributed by atoms with van der Waals surface area (Å²) in [4.78, 5) is 0. The van der Waals surface area contributed by atoms with Crippen LogP contribution in [0.2, 0.25) is 0 Å². The van der Waals surface area contributed by atoms with Gasteiger partial charge in [0, 0.05) is 4.47 Å². The van der Waals surface area contributed by atoms with Crippen molar-refractivity contribution >= 4 is 15.9 Å². The smallest absolute Gasteiger partial charge is 0.0835 e. The van der Waals surface area contributed by atoms with Crippen molar-refractivity contribution in [2.24, 2.45) is 0 Å². The number of aryl methyl sites for hydroxylation is 2. The molecule has 0 bridgehead atoms. The number of nitrogens with zero attached hydrogens (tertiary/aromatic N) is 3. The maximum absolute atomic E-state index is 4.23. The normalized spacial score (nSPS) is 10.7. The lowest BCUT2D eigenvalue weighted by molar-refractivity contribution is 0.794. The fourth-order valence-electron chi connectivity index (χ4n) is 2.08. The molecular formula is C16H14BrN3. The number of halogens is 1. The monoisotopic (exact) mass is 327 g/mol. The zero-order valence-corrected chi connectivity index (χ0v) is 12.5. The molecule has 100 valence electrons. The zero-order chi connectivity index (χ0) is 13.8. The van der Waals surface area contributed by atoms with Gasteiger partial charge in [-0.2, -0.15) is 0 Å². The second kappa shape index (κ2) is 6.01. The minimum Gasteiger partial charge on any atom is -0.220 e. The highest BCUT2D eigenvalue weighted by Gasteiger charge is 2.04. The molecule has 0 aliphatic rings. The second-order valence-electron chi connectivity index (χ2n) is 4.58. The molecule has 0 aliphatic carbocycles. The maximum atomic E-state index is 4.23. The molecule has 0 N–H and O–H groups in total. The van der Waals surface area contributed by atoms with Crippen LogP contribution >= 0.6 is 15.9 Å². The van der Waals surface area contributed by atoms with Gasteiger partial charge < -0.3 is 0 Å². The Hall–Kier alpha value is -1.94. The van der Waals surface area contributed by atoms with E-state index in [1.54, 1.807) is 0 Å². The van der Waals surface area contributed by atoms with E-state index in [4.69, 9.17) is 0 Å². The summed E-state index contributed by atoms with van der Waals surface area (Å²) in [6, 6.07) is 18.3. The lowest BCUT2D eigenvalue weighted by atomic mass is 10.1. The van der Waals surface area contributed by atoms with E-state index in [1.165, 1.54) is 5.56 Å². The first-order chi connectivity index (χ1) is 9.83. The van der Waals surface area contributed by atoms with E-state index in [9.17, 15) is 0 Å². The molecule has 0 unspecified atom stereocenters. The molecule has 0 fully saturated rings. The highest BCUT2D eigenvalue weighted by molar-refractivity contribution is 9.10. The highest BCUT2D eigenvalue weighted by Crippen LogP contribution is 2.17. The Bertz CT molecular complexity index is 692. The van der Waals surface area contributed by atoms with Gasteiger partial charge in [-0.15, -0.1) is 5.10 Å². The third kappa shape index (κ3) is 2.96. The van der Waals surface area contributed by atoms with Crippen LogP contribution in [-0.2, 0) is 12.8 Å². The Morgan fingerprint density at radius 1 is 0.900 bits per heavy atom. The minimum atomic E-state index is 0.884. The average molecular weight is 328 g/mol. The lowest BCUT2D eigenvalue weighted by Gasteiger charge is -2.01. The lowest BCUT2D eigenvalue weighted by Crippen LogP contribution is -1.93. The topological polar surface area (TPSA) is 30.7 Å². The Morgan fingerprint density at radius 3 is 2.45 bits per heavy atom. The van der Waals surface area contributed by atoms with Crippen LogP contribution in [0, 0.1) is 0 Å². The third-order valence-electron chi connectivity index (χ3n) is 3.17. The summed E-state index contributed by atoms with van der Waals surface area (Å²) < 4.78 is 2.96. The van der Waals surface area contributed by atoms with Crippen LogP contribution in [0.4, 0.5) is 0 Å². The molecule has 20 heavy (non-hydrogen) atoms. The molecule has 1 heterocycles. The number of benzene rings is 2. The van der Waals surface area contributed by atoms with Crippen LogP contribution in [0.25, 0.3) is 5.69 Å². The van der Waals surface area contributed by atoms with E-state index in [1.807, 2.05) is 47.3 Å². The predicted octanol–water partition coefficient (Wildman–Crippen LogP) is 3.82. The highest BCUT2D eigenvalue weighted by atomic mass is 79.9. The van der Waals surface area contributed by atoms with Gasteiger partial charge in [0.2, 0.25) is 0 Å². The molecule has 0 radical (unpaired) electrons. The molecule has 0 atom stereocenters. The van der Waals surface area contributed by atoms with E-state index in [-0.39, 0.29) is 0 Å². The Morgan fingerprint density at radius 2 is 1.65 bits per heavy atom. The van der Waals surface area contributed by atoms with Crippen molar-refractivity contribution in [3.8, 4) is 5.69 Å². The summed E-state index contributed by atoms with van der Waals surface area (Å²) in [5.41, 5.74) is 3.33. The van der Waals surface area contributed by atoms with Crippen LogP contribution in [0.3, 0.4) is 0 Å². The summed E-state index contributed by atoms with van der Waals surface area (Å²) in [5.74, 6) is 0. The number of hydrogen-bond acceptors (Lipinski definition) is 2. The van der Waals surface area contributed by atoms with Crippen LogP contribution < -0.4 is 0 Å². The average Bonchev–Trinajstić information content (AvgIpc) is 2.96. The maximum Gasteiger partial charge on any atom is 0.0835 e. The van der Waals surface area contributed by atoms with Gasteiger partial charge in [0.1, 0.15) is 0 Å². The first kappa shape index (κ1) is 13.1. The quantitative estimate of drug-likeness (QED) is 0.729. The van der Waals surface area contributed by atoms with Crippen molar-refractivity contribution in [3.63, 3.8) is 0 Å². The van der Waals surface area contributed by atoms with Crippen LogP contribution in [0.1, 0.15) is 11.3 Å². The van der Waals surface area contributed by atoms with E-state index >= 15 is 0 Å². The summed E-state index contributed by atoms with van der Waals surface area (Å²) in [5, 5.41) is 8.41. The first-order valence-electron chi connectivity index (χ1n) is 6.53. The molecule has 0 aliphatic heterocycles. The summed E-state index contributed by atoms with van der Waals surface area (Å²) in [7, 11) is 0. The molecule has 2 aromatic carbocycles. The SMILES string of the molecule is Brc1ccccc1CCc1cn(-c2ccccc2)nn1. The second-order valence-corrected chi connectivity index (χ2v) is 5.44. The van der Waals surface area contributed by atoms with Crippen molar-refractivity contribution in [3.05, 3.63) is 76.5 Å². The Balaban J connectivity index is 1.71. The number of hydrogen-bond donors (Lipinski definition) is 0. The largest absolute Gasteiger partial charge is 0.220 e. The van der Waals surface area contributed by atoms with Gasteiger partial charge in [0.25, 0.3) is 0 Å². The molecule has 3 rings (SSSR count). The van der Waals surface area contributed by atoms with E-state index in [0.29, 0.717) is 0 Å². The number of aromatic nitrogens is 3. The van der Waals surface area contributed by atoms with E-state index < -0.39 is 0 Å². The van der Waals surface area contributed by atoms with Crippen molar-refractivity contribution < 1.29 is 0 Å². The molecular weight excluding hydrogens is 314 g/mol. The van der Waals surface area contributed by atoms with E-state index in [0.717, 1.165) is 28.7 Å². The van der Waals surface area contributed by atoms with Crippen molar-refractivity contribution in [2.75, 3.05) is 0 Å². The minimum absolute atomic E-state index is 0.884. The summed E-state index contributed by atoms with van der Waals surface area (Å²) in [6.45, 7) is 0. The van der Waals surface area contributed by atoms with Gasteiger partial charge in [0.05, 0.1) is 17.6 Å². The molecule has 3 nitrogen and oxygen atoms in total. The fraction of sp³-hybridized carbons (Fsp3) is 0.125. The van der Waals surface area contributed by atoms with Gasteiger partial charge in [0.15, 0.2) is 0 Å². The van der Waals surface area contributed by atoms with Gasteiger partial charge in [-0.3, -0.25) is 0 Å². The van der Waals surface area contributed by atoms with Crippen LogP contribution in [-0.4, -0.2) is 15.0 Å². The molecule has 3 aromatic rings. The molecule has 1 aromatic heterocycles. The third-order valence-corrected chi connectivity index (χ3v) is 3.94. The summed E-state index contributed by atoms with van der Waals surface area (Å²) >= 11 is 3.57. The fourth-order valence-corrected chi connectivity index (χ4v) is 2.57. The van der Waals surface area contributed by atoms with Crippen LogP contribution in [0.15, 0.2) is 65.3 Å². The standard InChI is InChI=1S/C16H14BrN3/c17-16-9-5-4-6-13(16)10-11-14-12-20(19-18-14)15-7-2-1-3-8-15/h1-9,12H,10-11H2. The number of para-hydroxylation sites is 1. The molecule has 4 heteroatoms. The van der Waals surface area contributed by atoms with Crippen molar-refractivity contribution in [2.45, 2.75) is 12.8 Å². The van der Waals surface area contributed by atoms with Gasteiger partial charge in [-0.25, -0.2) is 4.68 Å². The molecule has 0 saturated heterocycles. The number of rotatable bonds is 4. The van der Waals surface area contributed by atoms with Crippen molar-refractivity contribution in [1.29, 1.82) is 0 Å². The molecule has 0 saturated carbocycles. The van der Waals surface area contributed by atoms with Crippen molar-refractivity contribution in [1.82, 2.24) is 15.0 Å². The van der Waals surface area contributed by atoms with Gasteiger partial charge in [-0.1, -0.05) is 57.5 Å². The Labute approximate surface area is 126 Å². The zero-order valence-electron chi connectivity index (χ0n) is 10.9. The first-order valence-corrected chi connectivity index (χ1v) is 7.32. The molecule has 0 amide bonds. The predicted molar refractivity (Wildman–Crippen MR) is 82.9 cm³/mol.